The Balaban J connectivity index is 1.60. The van der Waals surface area contributed by atoms with Crippen molar-refractivity contribution in [3.63, 3.8) is 0 Å². The molecule has 1 heterocycles. The smallest absolute Gasteiger partial charge is 0.269 e. The third-order valence-electron chi connectivity index (χ3n) is 4.57. The molecule has 0 unspecified atom stereocenters. The van der Waals surface area contributed by atoms with Crippen molar-refractivity contribution < 1.29 is 9.31 Å². The Kier molecular flexibility index (Phi) is 4.38. The molecule has 27 heavy (non-hydrogen) atoms. The van der Waals surface area contributed by atoms with Crippen LogP contribution in [0, 0.1) is 15.9 Å². The Bertz CT molecular complexity index is 1120. The van der Waals surface area contributed by atoms with Gasteiger partial charge in [0.15, 0.2) is 0 Å². The number of fused-ring (bicyclic) bond motifs is 1. The van der Waals surface area contributed by atoms with E-state index in [-0.39, 0.29) is 16.4 Å². The van der Waals surface area contributed by atoms with Crippen LogP contribution in [0.5, 0.6) is 0 Å². The first-order valence-corrected chi connectivity index (χ1v) is 8.56. The standard InChI is InChI=1S/C21H16FN3O2/c22-17-9-7-16(8-10-17)21-19-13-15(6-11-20(19)23-24-21)5-4-14-2-1-3-18(12-14)25(26)27/h1-3,6-13H,4-5H2,(H,23,24). The Hall–Kier alpha value is -3.54. The number of aromatic nitrogens is 2. The van der Waals surface area contributed by atoms with Gasteiger partial charge in [-0.05, 0) is 60.4 Å². The van der Waals surface area contributed by atoms with Gasteiger partial charge < -0.3 is 0 Å². The predicted octanol–water partition coefficient (Wildman–Crippen LogP) is 5.06. The van der Waals surface area contributed by atoms with Crippen LogP contribution >= 0.6 is 0 Å². The van der Waals surface area contributed by atoms with Gasteiger partial charge in [0.2, 0.25) is 0 Å². The van der Waals surface area contributed by atoms with Gasteiger partial charge in [0.1, 0.15) is 5.82 Å². The van der Waals surface area contributed by atoms with Gasteiger partial charge in [-0.2, -0.15) is 5.10 Å². The van der Waals surface area contributed by atoms with Crippen LogP contribution in [0.4, 0.5) is 10.1 Å². The van der Waals surface area contributed by atoms with Crippen LogP contribution in [0.3, 0.4) is 0 Å². The van der Waals surface area contributed by atoms with E-state index in [0.29, 0.717) is 6.42 Å². The lowest BCUT2D eigenvalue weighted by atomic mass is 10.0. The Morgan fingerprint density at radius 3 is 2.44 bits per heavy atom. The first kappa shape index (κ1) is 16.9. The monoisotopic (exact) mass is 361 g/mol. The summed E-state index contributed by atoms with van der Waals surface area (Å²) < 4.78 is 13.2. The topological polar surface area (TPSA) is 71.8 Å². The summed E-state index contributed by atoms with van der Waals surface area (Å²) in [6.45, 7) is 0. The van der Waals surface area contributed by atoms with E-state index in [1.807, 2.05) is 18.2 Å². The maximum atomic E-state index is 13.2. The van der Waals surface area contributed by atoms with Gasteiger partial charge in [0.05, 0.1) is 16.1 Å². The number of rotatable bonds is 5. The second-order valence-corrected chi connectivity index (χ2v) is 6.39. The minimum Gasteiger partial charge on any atom is -0.277 e. The molecule has 0 saturated heterocycles. The Morgan fingerprint density at radius 2 is 1.70 bits per heavy atom. The van der Waals surface area contributed by atoms with Crippen molar-refractivity contribution in [2.75, 3.05) is 0 Å². The molecule has 1 aromatic heterocycles. The predicted molar refractivity (Wildman–Crippen MR) is 102 cm³/mol. The molecule has 0 amide bonds. The zero-order valence-electron chi connectivity index (χ0n) is 14.4. The summed E-state index contributed by atoms with van der Waals surface area (Å²) in [6.07, 6.45) is 1.46. The molecule has 0 saturated carbocycles. The number of aryl methyl sites for hydroxylation is 2. The van der Waals surface area contributed by atoms with E-state index >= 15 is 0 Å². The fourth-order valence-electron chi connectivity index (χ4n) is 3.16. The third kappa shape index (κ3) is 3.55. The lowest BCUT2D eigenvalue weighted by molar-refractivity contribution is -0.384. The summed E-state index contributed by atoms with van der Waals surface area (Å²) in [5.41, 5.74) is 4.68. The Morgan fingerprint density at radius 1 is 0.963 bits per heavy atom. The number of nitrogens with one attached hydrogen (secondary N) is 1. The van der Waals surface area contributed by atoms with E-state index in [1.165, 1.54) is 18.2 Å². The van der Waals surface area contributed by atoms with E-state index < -0.39 is 0 Å². The number of benzene rings is 3. The largest absolute Gasteiger partial charge is 0.277 e. The Labute approximate surface area is 154 Å². The van der Waals surface area contributed by atoms with Crippen LogP contribution < -0.4 is 0 Å². The fourth-order valence-corrected chi connectivity index (χ4v) is 3.16. The molecule has 4 rings (SSSR count). The molecule has 5 nitrogen and oxygen atoms in total. The molecule has 1 N–H and O–H groups in total. The summed E-state index contributed by atoms with van der Waals surface area (Å²) in [4.78, 5) is 10.5. The van der Waals surface area contributed by atoms with Gasteiger partial charge in [0.25, 0.3) is 5.69 Å². The molecule has 3 aromatic carbocycles. The molecule has 0 aliphatic carbocycles. The van der Waals surface area contributed by atoms with Crippen molar-refractivity contribution in [3.8, 4) is 11.3 Å². The van der Waals surface area contributed by atoms with Gasteiger partial charge >= 0.3 is 0 Å². The quantitative estimate of drug-likeness (QED) is 0.399. The zero-order chi connectivity index (χ0) is 18.8. The van der Waals surface area contributed by atoms with E-state index in [4.69, 9.17) is 0 Å². The highest BCUT2D eigenvalue weighted by Crippen LogP contribution is 2.27. The molecule has 0 aliphatic rings. The molecule has 0 atom stereocenters. The first-order chi connectivity index (χ1) is 13.1. The normalized spacial score (nSPS) is 11.0. The van der Waals surface area contributed by atoms with Gasteiger partial charge in [-0.15, -0.1) is 0 Å². The molecule has 0 spiro atoms. The highest BCUT2D eigenvalue weighted by molar-refractivity contribution is 5.93. The average molecular weight is 361 g/mol. The van der Waals surface area contributed by atoms with Gasteiger partial charge in [0, 0.05) is 23.1 Å². The molecular weight excluding hydrogens is 345 g/mol. The fraction of sp³-hybridized carbons (Fsp3) is 0.0952. The maximum Gasteiger partial charge on any atom is 0.269 e. The van der Waals surface area contributed by atoms with Crippen molar-refractivity contribution in [1.29, 1.82) is 0 Å². The number of halogens is 1. The van der Waals surface area contributed by atoms with Crippen LogP contribution in [0.2, 0.25) is 0 Å². The molecule has 0 radical (unpaired) electrons. The second kappa shape index (κ2) is 6.99. The molecular formula is C21H16FN3O2. The minimum absolute atomic E-state index is 0.108. The summed E-state index contributed by atoms with van der Waals surface area (Å²) >= 11 is 0. The van der Waals surface area contributed by atoms with Crippen LogP contribution in [0.15, 0.2) is 66.7 Å². The number of aromatic amines is 1. The van der Waals surface area contributed by atoms with Crippen LogP contribution in [0.25, 0.3) is 22.2 Å². The van der Waals surface area contributed by atoms with E-state index in [0.717, 1.165) is 39.7 Å². The summed E-state index contributed by atoms with van der Waals surface area (Å²) in [7, 11) is 0. The van der Waals surface area contributed by atoms with Crippen molar-refractivity contribution in [2.24, 2.45) is 0 Å². The van der Waals surface area contributed by atoms with E-state index in [2.05, 4.69) is 16.3 Å². The van der Waals surface area contributed by atoms with Gasteiger partial charge in [-0.3, -0.25) is 15.2 Å². The number of hydrogen-bond acceptors (Lipinski definition) is 3. The van der Waals surface area contributed by atoms with Crippen LogP contribution in [-0.4, -0.2) is 15.1 Å². The molecule has 0 aliphatic heterocycles. The van der Waals surface area contributed by atoms with Crippen molar-refractivity contribution in [2.45, 2.75) is 12.8 Å². The summed E-state index contributed by atoms with van der Waals surface area (Å²) in [5.74, 6) is -0.281. The second-order valence-electron chi connectivity index (χ2n) is 6.39. The lowest BCUT2D eigenvalue weighted by Crippen LogP contribution is -1.94. The molecule has 0 bridgehead atoms. The highest BCUT2D eigenvalue weighted by Gasteiger charge is 2.10. The minimum atomic E-state index is -0.379. The van der Waals surface area contributed by atoms with E-state index in [1.54, 1.807) is 24.3 Å². The van der Waals surface area contributed by atoms with Crippen LogP contribution in [0.1, 0.15) is 11.1 Å². The van der Waals surface area contributed by atoms with Crippen molar-refractivity contribution in [3.05, 3.63) is 93.8 Å². The number of nitro groups is 1. The molecule has 4 aromatic rings. The number of non-ortho nitro benzene ring substituents is 1. The number of nitrogens with zero attached hydrogens (tertiary/aromatic N) is 2. The highest BCUT2D eigenvalue weighted by atomic mass is 19.1. The third-order valence-corrected chi connectivity index (χ3v) is 4.57. The van der Waals surface area contributed by atoms with Crippen molar-refractivity contribution in [1.82, 2.24) is 10.2 Å². The maximum absolute atomic E-state index is 13.2. The number of nitro benzene ring substituents is 1. The number of hydrogen-bond donors (Lipinski definition) is 1. The zero-order valence-corrected chi connectivity index (χ0v) is 14.4. The lowest BCUT2D eigenvalue weighted by Gasteiger charge is -2.04. The van der Waals surface area contributed by atoms with Crippen molar-refractivity contribution >= 4 is 16.6 Å². The molecule has 0 fully saturated rings. The number of H-pyrrole nitrogens is 1. The van der Waals surface area contributed by atoms with E-state index in [9.17, 15) is 14.5 Å². The SMILES string of the molecule is O=[N+]([O-])c1cccc(CCc2ccc3[nH]nc(-c4ccc(F)cc4)c3c2)c1. The first-order valence-electron chi connectivity index (χ1n) is 8.56. The van der Waals surface area contributed by atoms with Gasteiger partial charge in [-0.1, -0.05) is 18.2 Å². The molecule has 134 valence electrons. The summed E-state index contributed by atoms with van der Waals surface area (Å²) in [6, 6.07) is 19.0. The van der Waals surface area contributed by atoms with Crippen LogP contribution in [-0.2, 0) is 12.8 Å². The molecule has 6 heteroatoms. The van der Waals surface area contributed by atoms with Gasteiger partial charge in [-0.25, -0.2) is 4.39 Å². The summed E-state index contributed by atoms with van der Waals surface area (Å²) in [5, 5.41) is 19.2. The average Bonchev–Trinajstić information content (AvgIpc) is 3.10.